The third-order valence-electron chi connectivity index (χ3n) is 6.74. The SMILES string of the molecule is O=C1CCC(N2C(=O)c3cccc(NCCOCCOCCOCCOCCOc4ccc(C(=O)O)cc4)c3C2=O)C(=O)N1. The van der Waals surface area contributed by atoms with Crippen LogP contribution in [0.25, 0.3) is 0 Å². The second kappa shape index (κ2) is 16.5. The highest BCUT2D eigenvalue weighted by molar-refractivity contribution is 6.25. The van der Waals surface area contributed by atoms with E-state index in [4.69, 9.17) is 28.8 Å². The normalized spacial score (nSPS) is 16.2. The van der Waals surface area contributed by atoms with Gasteiger partial charge in [0.25, 0.3) is 11.8 Å². The number of carboxylic acids is 1. The molecule has 236 valence electrons. The fourth-order valence-corrected chi connectivity index (χ4v) is 4.59. The summed E-state index contributed by atoms with van der Waals surface area (Å²) in [5, 5.41) is 14.2. The highest BCUT2D eigenvalue weighted by atomic mass is 16.6. The van der Waals surface area contributed by atoms with Crippen molar-refractivity contribution in [3.8, 4) is 5.75 Å². The lowest BCUT2D eigenvalue weighted by Crippen LogP contribution is -2.54. The summed E-state index contributed by atoms with van der Waals surface area (Å²) >= 11 is 0. The Labute approximate surface area is 253 Å². The molecular weight excluding hydrogens is 578 g/mol. The number of nitrogens with one attached hydrogen (secondary N) is 2. The van der Waals surface area contributed by atoms with Crippen LogP contribution in [0, 0.1) is 0 Å². The van der Waals surface area contributed by atoms with Gasteiger partial charge < -0.3 is 34.1 Å². The van der Waals surface area contributed by atoms with Crippen LogP contribution in [-0.4, -0.2) is 112 Å². The second-order valence-electron chi connectivity index (χ2n) is 9.73. The molecule has 3 N–H and O–H groups in total. The van der Waals surface area contributed by atoms with Crippen molar-refractivity contribution in [2.75, 3.05) is 71.3 Å². The summed E-state index contributed by atoms with van der Waals surface area (Å²) in [5.74, 6) is -2.61. The molecule has 0 radical (unpaired) electrons. The molecule has 0 spiro atoms. The topological polar surface area (TPSA) is 179 Å². The number of fused-ring (bicyclic) bond motifs is 1. The lowest BCUT2D eigenvalue weighted by atomic mass is 10.0. The highest BCUT2D eigenvalue weighted by Gasteiger charge is 2.45. The minimum atomic E-state index is -1.01. The Morgan fingerprint density at radius 2 is 1.43 bits per heavy atom. The van der Waals surface area contributed by atoms with Gasteiger partial charge in [-0.3, -0.25) is 29.4 Å². The molecule has 2 heterocycles. The first-order valence-corrected chi connectivity index (χ1v) is 14.2. The predicted molar refractivity (Wildman–Crippen MR) is 154 cm³/mol. The van der Waals surface area contributed by atoms with Crippen LogP contribution in [-0.2, 0) is 28.5 Å². The maximum absolute atomic E-state index is 13.1. The summed E-state index contributed by atoms with van der Waals surface area (Å²) in [6.07, 6.45) is 0.161. The number of imide groups is 2. The number of carbonyl (C=O) groups excluding carboxylic acids is 4. The van der Waals surface area contributed by atoms with E-state index in [0.29, 0.717) is 77.4 Å². The van der Waals surface area contributed by atoms with E-state index in [2.05, 4.69) is 10.6 Å². The lowest BCUT2D eigenvalue weighted by Gasteiger charge is -2.27. The Morgan fingerprint density at radius 3 is 2.05 bits per heavy atom. The van der Waals surface area contributed by atoms with Crippen LogP contribution in [0.5, 0.6) is 5.75 Å². The van der Waals surface area contributed by atoms with Gasteiger partial charge in [0.2, 0.25) is 11.8 Å². The number of aromatic carboxylic acids is 1. The molecule has 1 fully saturated rings. The molecule has 1 unspecified atom stereocenters. The van der Waals surface area contributed by atoms with Crippen molar-refractivity contribution in [2.45, 2.75) is 18.9 Å². The summed E-state index contributed by atoms with van der Waals surface area (Å²) in [7, 11) is 0. The average molecular weight is 614 g/mol. The number of rotatable bonds is 19. The molecule has 0 aliphatic carbocycles. The molecule has 2 aliphatic rings. The zero-order valence-electron chi connectivity index (χ0n) is 24.1. The van der Waals surface area contributed by atoms with Crippen LogP contribution >= 0.6 is 0 Å². The monoisotopic (exact) mass is 613 g/mol. The molecule has 44 heavy (non-hydrogen) atoms. The first-order valence-electron chi connectivity index (χ1n) is 14.2. The van der Waals surface area contributed by atoms with Gasteiger partial charge in [-0.2, -0.15) is 0 Å². The molecule has 0 aromatic heterocycles. The Morgan fingerprint density at radius 1 is 0.818 bits per heavy atom. The van der Waals surface area contributed by atoms with Crippen molar-refractivity contribution in [2.24, 2.45) is 0 Å². The van der Waals surface area contributed by atoms with Crippen molar-refractivity contribution in [1.82, 2.24) is 10.2 Å². The van der Waals surface area contributed by atoms with E-state index in [1.165, 1.54) is 12.1 Å². The fourth-order valence-electron chi connectivity index (χ4n) is 4.59. The second-order valence-corrected chi connectivity index (χ2v) is 9.73. The standard InChI is InChI=1S/C30H35N3O11/c34-25-9-8-24(27(35)32-25)33-28(36)22-2-1-3-23(26(22)29(33)37)31-10-11-40-12-13-41-14-15-42-16-17-43-18-19-44-21-6-4-20(5-7-21)30(38)39/h1-7,24,31H,8-19H2,(H,38,39)(H,32,34,35). The fraction of sp³-hybridized carbons (Fsp3) is 0.433. The number of anilines is 1. The van der Waals surface area contributed by atoms with E-state index >= 15 is 0 Å². The molecule has 2 aromatic carbocycles. The Balaban J connectivity index is 1.00. The van der Waals surface area contributed by atoms with Gasteiger partial charge in [-0.25, -0.2) is 4.79 Å². The molecular formula is C30H35N3O11. The van der Waals surface area contributed by atoms with Gasteiger partial charge in [0.05, 0.1) is 69.5 Å². The summed E-state index contributed by atoms with van der Waals surface area (Å²) in [6.45, 7) is 3.74. The molecule has 1 saturated heterocycles. The maximum Gasteiger partial charge on any atom is 0.335 e. The van der Waals surface area contributed by atoms with Gasteiger partial charge in [-0.05, 0) is 42.8 Å². The molecule has 0 bridgehead atoms. The number of carboxylic acid groups (broad SMARTS) is 1. The molecule has 1 atom stereocenters. The van der Waals surface area contributed by atoms with Gasteiger partial charge >= 0.3 is 5.97 Å². The van der Waals surface area contributed by atoms with Gasteiger partial charge in [-0.1, -0.05) is 6.07 Å². The first kappa shape index (κ1) is 32.5. The van der Waals surface area contributed by atoms with E-state index < -0.39 is 35.6 Å². The maximum atomic E-state index is 13.1. The molecule has 14 heteroatoms. The molecule has 0 saturated carbocycles. The van der Waals surface area contributed by atoms with Crippen molar-refractivity contribution in [1.29, 1.82) is 0 Å². The van der Waals surface area contributed by atoms with Crippen LogP contribution in [0.15, 0.2) is 42.5 Å². The zero-order valence-corrected chi connectivity index (χ0v) is 24.1. The van der Waals surface area contributed by atoms with Gasteiger partial charge in [-0.15, -0.1) is 0 Å². The van der Waals surface area contributed by atoms with Crippen LogP contribution in [0.4, 0.5) is 5.69 Å². The number of benzene rings is 2. The number of hydrogen-bond acceptors (Lipinski definition) is 11. The summed E-state index contributed by atoms with van der Waals surface area (Å²) < 4.78 is 27.4. The van der Waals surface area contributed by atoms with E-state index in [9.17, 15) is 24.0 Å². The Kier molecular flexibility index (Phi) is 12.2. The number of carbonyl (C=O) groups is 5. The molecule has 4 rings (SSSR count). The van der Waals surface area contributed by atoms with Crippen molar-refractivity contribution in [3.05, 3.63) is 59.2 Å². The van der Waals surface area contributed by atoms with Crippen LogP contribution in [0.3, 0.4) is 0 Å². The number of piperidine rings is 1. The largest absolute Gasteiger partial charge is 0.491 e. The smallest absolute Gasteiger partial charge is 0.335 e. The van der Waals surface area contributed by atoms with E-state index in [-0.39, 0.29) is 29.5 Å². The number of nitrogens with zero attached hydrogens (tertiary/aromatic N) is 1. The molecule has 14 nitrogen and oxygen atoms in total. The van der Waals surface area contributed by atoms with E-state index in [1.807, 2.05) is 0 Å². The van der Waals surface area contributed by atoms with Crippen molar-refractivity contribution in [3.63, 3.8) is 0 Å². The highest BCUT2D eigenvalue weighted by Crippen LogP contribution is 2.32. The van der Waals surface area contributed by atoms with Gasteiger partial charge in [0.15, 0.2) is 0 Å². The van der Waals surface area contributed by atoms with E-state index in [0.717, 1.165) is 4.90 Å². The van der Waals surface area contributed by atoms with Crippen LogP contribution in [0.2, 0.25) is 0 Å². The van der Waals surface area contributed by atoms with Crippen molar-refractivity contribution < 1.29 is 52.8 Å². The summed E-state index contributed by atoms with van der Waals surface area (Å²) in [6, 6.07) is 10.0. The third-order valence-corrected chi connectivity index (χ3v) is 6.74. The average Bonchev–Trinajstić information content (AvgIpc) is 3.27. The third kappa shape index (κ3) is 8.83. The lowest BCUT2D eigenvalue weighted by molar-refractivity contribution is -0.136. The Hall–Kier alpha value is -4.37. The van der Waals surface area contributed by atoms with Crippen molar-refractivity contribution >= 4 is 35.3 Å². The zero-order chi connectivity index (χ0) is 31.3. The Bertz CT molecular complexity index is 1330. The van der Waals surface area contributed by atoms with E-state index in [1.54, 1.807) is 30.3 Å². The molecule has 4 amide bonds. The molecule has 2 aliphatic heterocycles. The van der Waals surface area contributed by atoms with Crippen LogP contribution in [0.1, 0.15) is 43.9 Å². The van der Waals surface area contributed by atoms with Gasteiger partial charge in [0.1, 0.15) is 18.4 Å². The number of hydrogen-bond donors (Lipinski definition) is 3. The van der Waals surface area contributed by atoms with Gasteiger partial charge in [0, 0.05) is 18.7 Å². The summed E-state index contributed by atoms with van der Waals surface area (Å²) in [4.78, 5) is 61.5. The minimum Gasteiger partial charge on any atom is -0.491 e. The number of ether oxygens (including phenoxy) is 5. The molecule has 2 aromatic rings. The predicted octanol–water partition coefficient (Wildman–Crippen LogP) is 1.34. The quantitative estimate of drug-likeness (QED) is 0.153. The minimum absolute atomic E-state index is 0.0618. The van der Waals surface area contributed by atoms with Crippen LogP contribution < -0.4 is 15.4 Å². The number of amides is 4. The summed E-state index contributed by atoms with van der Waals surface area (Å²) in [5.41, 5.74) is 1.08. The first-order chi connectivity index (χ1) is 21.4.